The summed E-state index contributed by atoms with van der Waals surface area (Å²) in [5, 5.41) is 23.7. The molecule has 104 valence electrons. The molecule has 0 amide bonds. The molecular weight excluding hydrogens is 266 g/mol. The van der Waals surface area contributed by atoms with Gasteiger partial charge in [0.15, 0.2) is 0 Å². The molecular formula is C12H11N3O5. The number of aromatic carboxylic acids is 1. The Kier molecular flexibility index (Phi) is 3.65. The van der Waals surface area contributed by atoms with Crippen molar-refractivity contribution in [1.82, 2.24) is 9.78 Å². The minimum Gasteiger partial charge on any atom is -0.496 e. The number of carboxylic acid groups (broad SMARTS) is 1. The van der Waals surface area contributed by atoms with Crippen LogP contribution in [0.25, 0.3) is 0 Å². The zero-order valence-electron chi connectivity index (χ0n) is 10.5. The van der Waals surface area contributed by atoms with Crippen molar-refractivity contribution in [2.75, 3.05) is 7.11 Å². The van der Waals surface area contributed by atoms with Crippen LogP contribution in [0.2, 0.25) is 0 Å². The molecule has 0 spiro atoms. The third-order valence-electron chi connectivity index (χ3n) is 2.67. The molecule has 0 radical (unpaired) electrons. The Hall–Kier alpha value is -2.90. The van der Waals surface area contributed by atoms with E-state index in [-0.39, 0.29) is 17.9 Å². The molecule has 8 nitrogen and oxygen atoms in total. The van der Waals surface area contributed by atoms with Crippen molar-refractivity contribution in [2.45, 2.75) is 6.54 Å². The monoisotopic (exact) mass is 277 g/mol. The molecule has 0 atom stereocenters. The summed E-state index contributed by atoms with van der Waals surface area (Å²) in [6, 6.07) is 5.61. The lowest BCUT2D eigenvalue weighted by Gasteiger charge is -2.07. The molecule has 0 aliphatic rings. The Bertz CT molecular complexity index is 665. The molecule has 1 aromatic carbocycles. The van der Waals surface area contributed by atoms with Gasteiger partial charge in [-0.25, -0.2) is 4.79 Å². The highest BCUT2D eigenvalue weighted by molar-refractivity contribution is 5.85. The van der Waals surface area contributed by atoms with E-state index in [9.17, 15) is 14.9 Å². The van der Waals surface area contributed by atoms with Gasteiger partial charge in [0.2, 0.25) is 0 Å². The summed E-state index contributed by atoms with van der Waals surface area (Å²) in [5.41, 5.74) is 0.418. The van der Waals surface area contributed by atoms with Crippen molar-refractivity contribution in [3.8, 4) is 5.75 Å². The first-order chi connectivity index (χ1) is 9.51. The van der Waals surface area contributed by atoms with Crippen LogP contribution in [0, 0.1) is 10.1 Å². The molecule has 0 aliphatic carbocycles. The fourth-order valence-corrected chi connectivity index (χ4v) is 1.77. The van der Waals surface area contributed by atoms with Gasteiger partial charge in [-0.15, -0.1) is 0 Å². The number of carbonyl (C=O) groups is 1. The molecule has 1 N–H and O–H groups in total. The van der Waals surface area contributed by atoms with Crippen LogP contribution < -0.4 is 4.74 Å². The van der Waals surface area contributed by atoms with Gasteiger partial charge in [-0.1, -0.05) is 0 Å². The number of hydrogen-bond donors (Lipinski definition) is 1. The highest BCUT2D eigenvalue weighted by atomic mass is 16.6. The maximum atomic E-state index is 11.0. The van der Waals surface area contributed by atoms with Gasteiger partial charge in [-0.2, -0.15) is 5.10 Å². The second-order valence-electron chi connectivity index (χ2n) is 3.98. The quantitative estimate of drug-likeness (QED) is 0.656. The summed E-state index contributed by atoms with van der Waals surface area (Å²) in [5.74, 6) is -0.780. The number of ether oxygens (including phenoxy) is 1. The molecule has 0 aliphatic heterocycles. The van der Waals surface area contributed by atoms with Gasteiger partial charge in [-0.05, 0) is 17.7 Å². The third kappa shape index (κ3) is 2.74. The van der Waals surface area contributed by atoms with Crippen LogP contribution in [0.5, 0.6) is 5.75 Å². The zero-order valence-corrected chi connectivity index (χ0v) is 10.5. The van der Waals surface area contributed by atoms with Crippen LogP contribution in [0.15, 0.2) is 30.5 Å². The number of benzene rings is 1. The first kappa shape index (κ1) is 13.5. The fourth-order valence-electron chi connectivity index (χ4n) is 1.77. The Balaban J connectivity index is 2.37. The molecule has 0 bridgehead atoms. The number of non-ortho nitro benzene ring substituents is 1. The average molecular weight is 277 g/mol. The predicted molar refractivity (Wildman–Crippen MR) is 67.9 cm³/mol. The summed E-state index contributed by atoms with van der Waals surface area (Å²) in [6.07, 6.45) is 1.36. The van der Waals surface area contributed by atoms with Gasteiger partial charge >= 0.3 is 5.97 Å². The standard InChI is InChI=1S/C12H11N3O5/c1-20-10-5-8(4-9(6-10)15(18)19)7-14-11(12(16)17)2-3-13-14/h2-6H,7H2,1H3,(H,16,17). The van der Waals surface area contributed by atoms with Crippen molar-refractivity contribution in [3.05, 3.63) is 51.8 Å². The van der Waals surface area contributed by atoms with Gasteiger partial charge in [0, 0.05) is 12.3 Å². The molecule has 1 heterocycles. The number of nitro benzene ring substituents is 1. The number of carboxylic acids is 1. The van der Waals surface area contributed by atoms with Crippen LogP contribution in [0.4, 0.5) is 5.69 Å². The zero-order chi connectivity index (χ0) is 14.7. The first-order valence-electron chi connectivity index (χ1n) is 5.58. The summed E-state index contributed by atoms with van der Waals surface area (Å²) in [6.45, 7) is 0.104. The Morgan fingerprint density at radius 2 is 2.25 bits per heavy atom. The molecule has 2 aromatic rings. The van der Waals surface area contributed by atoms with Gasteiger partial charge < -0.3 is 9.84 Å². The second kappa shape index (κ2) is 5.39. The molecule has 0 saturated heterocycles. The number of nitro groups is 1. The van der Waals surface area contributed by atoms with Gasteiger partial charge in [0.1, 0.15) is 11.4 Å². The van der Waals surface area contributed by atoms with Crippen molar-refractivity contribution in [3.63, 3.8) is 0 Å². The van der Waals surface area contributed by atoms with E-state index in [1.165, 1.54) is 36.2 Å². The minimum absolute atomic E-state index is 0.00970. The van der Waals surface area contributed by atoms with E-state index in [1.807, 2.05) is 0 Å². The lowest BCUT2D eigenvalue weighted by Crippen LogP contribution is -2.11. The van der Waals surface area contributed by atoms with E-state index < -0.39 is 10.9 Å². The Morgan fingerprint density at radius 3 is 2.85 bits per heavy atom. The van der Waals surface area contributed by atoms with E-state index in [1.54, 1.807) is 6.07 Å². The van der Waals surface area contributed by atoms with Crippen molar-refractivity contribution in [1.29, 1.82) is 0 Å². The lowest BCUT2D eigenvalue weighted by molar-refractivity contribution is -0.385. The Morgan fingerprint density at radius 1 is 1.50 bits per heavy atom. The maximum Gasteiger partial charge on any atom is 0.354 e. The topological polar surface area (TPSA) is 107 Å². The van der Waals surface area contributed by atoms with Crippen molar-refractivity contribution >= 4 is 11.7 Å². The molecule has 0 unspecified atom stereocenters. The minimum atomic E-state index is -1.11. The summed E-state index contributed by atoms with van der Waals surface area (Å²) in [4.78, 5) is 21.3. The number of methoxy groups -OCH3 is 1. The van der Waals surface area contributed by atoms with E-state index in [4.69, 9.17) is 9.84 Å². The predicted octanol–water partition coefficient (Wildman–Crippen LogP) is 1.55. The van der Waals surface area contributed by atoms with Crippen molar-refractivity contribution in [2.24, 2.45) is 0 Å². The van der Waals surface area contributed by atoms with E-state index in [0.29, 0.717) is 11.3 Å². The van der Waals surface area contributed by atoms with Gasteiger partial charge in [0.25, 0.3) is 5.69 Å². The second-order valence-corrected chi connectivity index (χ2v) is 3.98. The molecule has 2 rings (SSSR count). The number of aromatic nitrogens is 2. The highest BCUT2D eigenvalue weighted by Gasteiger charge is 2.14. The number of nitrogens with zero attached hydrogens (tertiary/aromatic N) is 3. The van der Waals surface area contributed by atoms with Crippen LogP contribution >= 0.6 is 0 Å². The third-order valence-corrected chi connectivity index (χ3v) is 2.67. The smallest absolute Gasteiger partial charge is 0.354 e. The summed E-state index contributed by atoms with van der Waals surface area (Å²) >= 11 is 0. The summed E-state index contributed by atoms with van der Waals surface area (Å²) in [7, 11) is 1.40. The van der Waals surface area contributed by atoms with E-state index in [2.05, 4.69) is 5.10 Å². The van der Waals surface area contributed by atoms with E-state index in [0.717, 1.165) is 0 Å². The van der Waals surface area contributed by atoms with Gasteiger partial charge in [-0.3, -0.25) is 14.8 Å². The van der Waals surface area contributed by atoms with E-state index >= 15 is 0 Å². The van der Waals surface area contributed by atoms with Crippen LogP contribution in [-0.2, 0) is 6.54 Å². The lowest BCUT2D eigenvalue weighted by atomic mass is 10.2. The van der Waals surface area contributed by atoms with Crippen LogP contribution in [0.1, 0.15) is 16.1 Å². The average Bonchev–Trinajstić information content (AvgIpc) is 2.86. The van der Waals surface area contributed by atoms with Crippen molar-refractivity contribution < 1.29 is 19.6 Å². The molecule has 1 aromatic heterocycles. The molecule has 0 saturated carbocycles. The summed E-state index contributed by atoms with van der Waals surface area (Å²) < 4.78 is 6.24. The Labute approximate surface area is 113 Å². The van der Waals surface area contributed by atoms with Crippen LogP contribution in [0.3, 0.4) is 0 Å². The normalized spacial score (nSPS) is 10.2. The maximum absolute atomic E-state index is 11.0. The van der Waals surface area contributed by atoms with Crippen LogP contribution in [-0.4, -0.2) is 32.9 Å². The molecule has 0 fully saturated rings. The SMILES string of the molecule is COc1cc(Cn2nccc2C(=O)O)cc([N+](=O)[O-])c1. The van der Waals surface area contributed by atoms with Gasteiger partial charge in [0.05, 0.1) is 24.6 Å². The largest absolute Gasteiger partial charge is 0.496 e. The number of hydrogen-bond acceptors (Lipinski definition) is 5. The first-order valence-corrected chi connectivity index (χ1v) is 5.58. The molecule has 20 heavy (non-hydrogen) atoms. The highest BCUT2D eigenvalue weighted by Crippen LogP contribution is 2.23. The number of rotatable bonds is 5. The molecule has 8 heteroatoms. The fraction of sp³-hybridized carbons (Fsp3) is 0.167.